The van der Waals surface area contributed by atoms with Crippen molar-refractivity contribution < 1.29 is 54.7 Å². The summed E-state index contributed by atoms with van der Waals surface area (Å²) in [6.45, 7) is -4.54. The van der Waals surface area contributed by atoms with Gasteiger partial charge < -0.3 is 0 Å². The molecule has 11 nitrogen and oxygen atoms in total. The minimum absolute atomic E-state index is 1.08. The molecule has 0 bridgehead atoms. The Morgan fingerprint density at radius 2 is 1.27 bits per heavy atom. The van der Waals surface area contributed by atoms with Gasteiger partial charge >= 0.3 is 123 Å². The number of carboxylic acid groups (broad SMARTS) is 2. The molecule has 0 aliphatic carbocycles. The fraction of sp³-hybridized carbons (Fsp3) is 0.700. The van der Waals surface area contributed by atoms with E-state index in [-0.39, 0.29) is 0 Å². The van der Waals surface area contributed by atoms with Gasteiger partial charge in [0.15, 0.2) is 0 Å². The SMILES string of the molecule is O=C(O)CC(O)(CC(=O)OP(CO)(CO)(CO)CO)C(=O)O. The molecule has 0 aromatic rings. The normalized spacial score (nSPS) is 16.1. The van der Waals surface area contributed by atoms with Crippen LogP contribution in [0.15, 0.2) is 0 Å². The summed E-state index contributed by atoms with van der Waals surface area (Å²) in [7, 11) is 0. The van der Waals surface area contributed by atoms with Crippen molar-refractivity contribution in [3.8, 4) is 0 Å². The van der Waals surface area contributed by atoms with Crippen LogP contribution in [0.5, 0.6) is 0 Å². The second-order valence-corrected chi connectivity index (χ2v) is 10.0. The zero-order valence-electron chi connectivity index (χ0n) is 11.5. The summed E-state index contributed by atoms with van der Waals surface area (Å²) in [5, 5.41) is 64.1. The third-order valence-corrected chi connectivity index (χ3v) is 6.65. The first-order valence-corrected chi connectivity index (χ1v) is 8.76. The Balaban J connectivity index is 5.35. The average Bonchev–Trinajstić information content (AvgIpc) is 2.44. The van der Waals surface area contributed by atoms with E-state index in [2.05, 4.69) is 0 Å². The number of carboxylic acids is 2. The Labute approximate surface area is 124 Å². The van der Waals surface area contributed by atoms with Crippen LogP contribution in [0.1, 0.15) is 12.8 Å². The molecular weight excluding hydrogens is 327 g/mol. The minimum atomic E-state index is -4.54. The molecule has 0 aliphatic heterocycles. The van der Waals surface area contributed by atoms with Crippen molar-refractivity contribution in [1.29, 1.82) is 0 Å². The van der Waals surface area contributed by atoms with E-state index in [9.17, 15) is 39.9 Å². The molecule has 130 valence electrons. The van der Waals surface area contributed by atoms with Crippen LogP contribution in [-0.4, -0.2) is 84.6 Å². The van der Waals surface area contributed by atoms with Crippen molar-refractivity contribution in [2.75, 3.05) is 25.4 Å². The summed E-state index contributed by atoms with van der Waals surface area (Å²) in [4.78, 5) is 33.2. The second-order valence-electron chi connectivity index (χ2n) is 4.97. The standard InChI is InChI=1S/C10H19O11P/c11-3-22(4-12,5-13,6-14)21-8(17)2-10(20,9(18)19)1-7(15)16/h11-14,20H,1-6H2,(H,15,16)(H,18,19). The number of carbonyl (C=O) groups is 3. The molecule has 0 rings (SSSR count). The summed E-state index contributed by atoms with van der Waals surface area (Å²) in [6, 6.07) is 0. The number of carbonyl (C=O) groups excluding carboxylic acids is 1. The molecule has 0 heterocycles. The van der Waals surface area contributed by atoms with Gasteiger partial charge in [-0.15, -0.1) is 0 Å². The van der Waals surface area contributed by atoms with Crippen LogP contribution in [0.25, 0.3) is 0 Å². The number of aliphatic hydroxyl groups is 5. The van der Waals surface area contributed by atoms with Gasteiger partial charge in [0.1, 0.15) is 0 Å². The molecule has 1 atom stereocenters. The topological polar surface area (TPSA) is 202 Å². The van der Waals surface area contributed by atoms with E-state index in [1.54, 1.807) is 0 Å². The van der Waals surface area contributed by atoms with E-state index >= 15 is 0 Å². The van der Waals surface area contributed by atoms with Crippen LogP contribution in [-0.2, 0) is 18.9 Å². The summed E-state index contributed by atoms with van der Waals surface area (Å²) >= 11 is 0. The summed E-state index contributed by atoms with van der Waals surface area (Å²) in [5.41, 5.74) is -2.97. The fourth-order valence-corrected chi connectivity index (χ4v) is 2.81. The molecule has 0 saturated carbocycles. The van der Waals surface area contributed by atoms with Gasteiger partial charge in [0.2, 0.25) is 0 Å². The Bertz CT molecular complexity index is 423. The predicted octanol–water partition coefficient (Wildman–Crippen LogP) is -2.52. The van der Waals surface area contributed by atoms with Crippen molar-refractivity contribution in [3.05, 3.63) is 0 Å². The van der Waals surface area contributed by atoms with Gasteiger partial charge in [-0.25, -0.2) is 0 Å². The van der Waals surface area contributed by atoms with Crippen LogP contribution in [0.3, 0.4) is 0 Å². The molecule has 0 saturated heterocycles. The van der Waals surface area contributed by atoms with Gasteiger partial charge in [-0.3, -0.25) is 0 Å². The third-order valence-electron chi connectivity index (χ3n) is 3.07. The number of rotatable bonds is 10. The number of hydrogen-bond donors (Lipinski definition) is 7. The molecule has 0 aliphatic rings. The van der Waals surface area contributed by atoms with Crippen LogP contribution in [0.4, 0.5) is 0 Å². The second kappa shape index (κ2) is 7.27. The Hall–Kier alpha value is -1.36. The first kappa shape index (κ1) is 20.6. The Morgan fingerprint density at radius 3 is 1.55 bits per heavy atom. The van der Waals surface area contributed by atoms with Gasteiger partial charge in [0, 0.05) is 0 Å². The molecule has 22 heavy (non-hydrogen) atoms. The van der Waals surface area contributed by atoms with Gasteiger partial charge in [0.25, 0.3) is 0 Å². The molecule has 0 fully saturated rings. The van der Waals surface area contributed by atoms with E-state index in [0.29, 0.717) is 0 Å². The van der Waals surface area contributed by atoms with Gasteiger partial charge in [-0.05, 0) is 0 Å². The van der Waals surface area contributed by atoms with E-state index in [0.717, 1.165) is 0 Å². The fourth-order valence-electron chi connectivity index (χ4n) is 1.41. The van der Waals surface area contributed by atoms with Crippen molar-refractivity contribution in [3.63, 3.8) is 0 Å². The molecule has 0 aromatic carbocycles. The molecule has 0 radical (unpaired) electrons. The van der Waals surface area contributed by atoms with Gasteiger partial charge in [-0.1, -0.05) is 0 Å². The molecule has 0 spiro atoms. The summed E-state index contributed by atoms with van der Waals surface area (Å²) in [6.07, 6.45) is -6.93. The Morgan fingerprint density at radius 1 is 0.864 bits per heavy atom. The zero-order valence-corrected chi connectivity index (χ0v) is 12.3. The van der Waals surface area contributed by atoms with Crippen molar-refractivity contribution in [2.45, 2.75) is 18.4 Å². The van der Waals surface area contributed by atoms with E-state index < -0.39 is 68.6 Å². The maximum absolute atomic E-state index is 11.8. The van der Waals surface area contributed by atoms with Crippen LogP contribution in [0.2, 0.25) is 0 Å². The average molecular weight is 346 g/mol. The molecule has 0 amide bonds. The van der Waals surface area contributed by atoms with Crippen molar-refractivity contribution in [1.82, 2.24) is 0 Å². The van der Waals surface area contributed by atoms with E-state index in [1.165, 1.54) is 0 Å². The van der Waals surface area contributed by atoms with Crippen molar-refractivity contribution >= 4 is 24.7 Å². The first-order valence-electron chi connectivity index (χ1n) is 5.86. The molecular formula is C10H19O11P. The van der Waals surface area contributed by atoms with Gasteiger partial charge in [0.05, 0.1) is 0 Å². The third kappa shape index (κ3) is 4.32. The molecule has 12 heteroatoms. The Kier molecular flexibility index (Phi) is 6.82. The first-order chi connectivity index (χ1) is 10.0. The monoisotopic (exact) mass is 346 g/mol. The quantitative estimate of drug-likeness (QED) is 0.206. The van der Waals surface area contributed by atoms with Crippen LogP contribution < -0.4 is 0 Å². The molecule has 7 N–H and O–H groups in total. The zero-order chi connectivity index (χ0) is 17.6. The number of aliphatic hydroxyl groups excluding tert-OH is 4. The number of aliphatic carboxylic acids is 2. The van der Waals surface area contributed by atoms with Crippen LogP contribution in [0, 0.1) is 0 Å². The summed E-state index contributed by atoms with van der Waals surface area (Å²) < 4.78 is 4.73. The predicted molar refractivity (Wildman–Crippen MR) is 70.8 cm³/mol. The van der Waals surface area contributed by atoms with E-state index in [1.807, 2.05) is 0 Å². The molecule has 1 unspecified atom stereocenters. The van der Waals surface area contributed by atoms with E-state index in [4.69, 9.17) is 14.7 Å². The molecule has 0 aromatic heterocycles. The van der Waals surface area contributed by atoms with Crippen LogP contribution >= 0.6 is 6.83 Å². The summed E-state index contributed by atoms with van der Waals surface area (Å²) in [5.74, 6) is -5.17. The van der Waals surface area contributed by atoms with Gasteiger partial charge in [-0.2, -0.15) is 0 Å². The van der Waals surface area contributed by atoms with Crippen molar-refractivity contribution in [2.24, 2.45) is 0 Å². The maximum atomic E-state index is 11.8. The number of hydrogen-bond acceptors (Lipinski definition) is 9.